The summed E-state index contributed by atoms with van der Waals surface area (Å²) in [6.07, 6.45) is 4.08. The average Bonchev–Trinajstić information content (AvgIpc) is 2.54. The zero-order chi connectivity index (χ0) is 15.6. The number of unbranched alkanes of at least 4 members (excludes halogenated alkanes) is 1. The van der Waals surface area contributed by atoms with Crippen LogP contribution in [0.4, 0.5) is 11.5 Å². The third-order valence-electron chi connectivity index (χ3n) is 3.24. The molecule has 0 radical (unpaired) electrons. The summed E-state index contributed by atoms with van der Waals surface area (Å²) in [4.78, 5) is 16.0. The van der Waals surface area contributed by atoms with E-state index in [0.717, 1.165) is 30.8 Å². The van der Waals surface area contributed by atoms with Crippen LogP contribution in [0.1, 0.15) is 18.4 Å². The number of hydrogen-bond donors (Lipinski definition) is 3. The Kier molecular flexibility index (Phi) is 11.4. The molecule has 0 aliphatic rings. The minimum atomic E-state index is 0. The molecule has 0 fully saturated rings. The number of hydrogen-bond acceptors (Lipinski definition) is 4. The van der Waals surface area contributed by atoms with Crippen molar-refractivity contribution in [1.29, 1.82) is 0 Å². The maximum Gasteiger partial charge on any atom is 0.224 e. The lowest BCUT2D eigenvalue weighted by molar-refractivity contribution is -0.120. The van der Waals surface area contributed by atoms with E-state index >= 15 is 0 Å². The number of benzene rings is 1. The van der Waals surface area contributed by atoms with Crippen molar-refractivity contribution in [3.05, 3.63) is 54.2 Å². The number of nitrogen functional groups attached to an aromatic ring is 1. The fourth-order valence-electron chi connectivity index (χ4n) is 2.04. The summed E-state index contributed by atoms with van der Waals surface area (Å²) in [6.45, 7) is 1.54. The summed E-state index contributed by atoms with van der Waals surface area (Å²) in [5, 5.41) is 6.17. The van der Waals surface area contributed by atoms with E-state index in [-0.39, 0.29) is 30.7 Å². The van der Waals surface area contributed by atoms with E-state index in [1.807, 2.05) is 42.5 Å². The molecule has 0 saturated carbocycles. The van der Waals surface area contributed by atoms with Crippen LogP contribution < -0.4 is 16.4 Å². The minimum Gasteiger partial charge on any atom is -0.399 e. The lowest BCUT2D eigenvalue weighted by Gasteiger charge is -2.07. The number of anilines is 2. The smallest absolute Gasteiger partial charge is 0.224 e. The molecule has 1 amide bonds. The number of aromatic nitrogens is 1. The second kappa shape index (κ2) is 12.4. The number of halogens is 2. The van der Waals surface area contributed by atoms with Gasteiger partial charge in [-0.25, -0.2) is 4.98 Å². The monoisotopic (exact) mass is 370 g/mol. The molecule has 0 unspecified atom stereocenters. The van der Waals surface area contributed by atoms with Gasteiger partial charge in [0, 0.05) is 25.0 Å². The first-order chi connectivity index (χ1) is 10.7. The van der Waals surface area contributed by atoms with Crippen LogP contribution in [0.3, 0.4) is 0 Å². The fraction of sp³-hybridized carbons (Fsp3) is 0.294. The van der Waals surface area contributed by atoms with E-state index < -0.39 is 0 Å². The highest BCUT2D eigenvalue weighted by molar-refractivity contribution is 5.85. The van der Waals surface area contributed by atoms with Gasteiger partial charge in [-0.3, -0.25) is 4.79 Å². The van der Waals surface area contributed by atoms with Crippen LogP contribution in [-0.4, -0.2) is 24.0 Å². The van der Waals surface area contributed by atoms with Crippen molar-refractivity contribution in [1.82, 2.24) is 10.3 Å². The maximum absolute atomic E-state index is 11.8. The molecule has 0 aliphatic heterocycles. The lowest BCUT2D eigenvalue weighted by atomic mass is 10.1. The van der Waals surface area contributed by atoms with Crippen molar-refractivity contribution in [3.8, 4) is 0 Å². The molecular formula is C17H24Cl2N4O. The first-order valence-corrected chi connectivity index (χ1v) is 7.50. The molecule has 1 aromatic carbocycles. The maximum atomic E-state index is 11.8. The van der Waals surface area contributed by atoms with E-state index in [0.29, 0.717) is 18.7 Å². The molecule has 0 bridgehead atoms. The fourth-order valence-corrected chi connectivity index (χ4v) is 2.04. The van der Waals surface area contributed by atoms with Crippen molar-refractivity contribution in [2.24, 2.45) is 0 Å². The van der Waals surface area contributed by atoms with Gasteiger partial charge in [-0.05, 0) is 42.7 Å². The second-order valence-electron chi connectivity index (χ2n) is 5.12. The molecule has 2 rings (SSSR count). The third kappa shape index (κ3) is 8.60. The van der Waals surface area contributed by atoms with Crippen LogP contribution in [0.5, 0.6) is 0 Å². The predicted octanol–water partition coefficient (Wildman–Crippen LogP) is 3.06. The molecule has 0 aliphatic carbocycles. The average molecular weight is 371 g/mol. The van der Waals surface area contributed by atoms with Crippen LogP contribution >= 0.6 is 24.8 Å². The minimum absolute atomic E-state index is 0. The molecular weight excluding hydrogens is 347 g/mol. The Hall–Kier alpha value is -1.98. The van der Waals surface area contributed by atoms with E-state index in [9.17, 15) is 4.79 Å². The number of nitrogens with zero attached hydrogens (tertiary/aromatic N) is 1. The largest absolute Gasteiger partial charge is 0.399 e. The molecule has 1 heterocycles. The van der Waals surface area contributed by atoms with Gasteiger partial charge in [-0.1, -0.05) is 18.2 Å². The summed E-state index contributed by atoms with van der Waals surface area (Å²) < 4.78 is 0. The molecule has 0 atom stereocenters. The Balaban J connectivity index is 0.00000264. The Labute approximate surface area is 155 Å². The predicted molar refractivity (Wildman–Crippen MR) is 104 cm³/mol. The van der Waals surface area contributed by atoms with Crippen molar-refractivity contribution in [3.63, 3.8) is 0 Å². The highest BCUT2D eigenvalue weighted by Gasteiger charge is 2.02. The number of carbonyl (C=O) groups is 1. The Morgan fingerprint density at radius 3 is 2.38 bits per heavy atom. The van der Waals surface area contributed by atoms with E-state index in [4.69, 9.17) is 5.73 Å². The lowest BCUT2D eigenvalue weighted by Crippen LogP contribution is -2.26. The van der Waals surface area contributed by atoms with Crippen LogP contribution in [0, 0.1) is 0 Å². The van der Waals surface area contributed by atoms with Crippen LogP contribution in [0.25, 0.3) is 0 Å². The molecule has 132 valence electrons. The van der Waals surface area contributed by atoms with Crippen LogP contribution in [0.2, 0.25) is 0 Å². The van der Waals surface area contributed by atoms with Crippen LogP contribution in [-0.2, 0) is 11.2 Å². The zero-order valence-electron chi connectivity index (χ0n) is 13.4. The summed E-state index contributed by atoms with van der Waals surface area (Å²) in [6, 6.07) is 13.2. The van der Waals surface area contributed by atoms with Gasteiger partial charge in [0.05, 0.1) is 6.42 Å². The van der Waals surface area contributed by atoms with Crippen molar-refractivity contribution in [2.75, 3.05) is 24.1 Å². The van der Waals surface area contributed by atoms with Gasteiger partial charge in [0.15, 0.2) is 0 Å². The number of nitrogens with two attached hydrogens (primary N) is 1. The van der Waals surface area contributed by atoms with Crippen molar-refractivity contribution < 1.29 is 4.79 Å². The number of rotatable bonds is 8. The molecule has 0 saturated heterocycles. The Morgan fingerprint density at radius 2 is 1.71 bits per heavy atom. The molecule has 0 spiro atoms. The standard InChI is InChI=1S/C17H22N4O.2ClH/c18-15-8-6-14(7-9-15)13-17(22)21-12-4-3-11-20-16-5-1-2-10-19-16;;/h1-2,5-10H,3-4,11-13,18H2,(H,19,20)(H,21,22);2*1H. The number of nitrogens with one attached hydrogen (secondary N) is 2. The summed E-state index contributed by atoms with van der Waals surface area (Å²) >= 11 is 0. The van der Waals surface area contributed by atoms with Crippen molar-refractivity contribution >= 4 is 42.2 Å². The summed E-state index contributed by atoms with van der Waals surface area (Å²) in [5.74, 6) is 0.928. The van der Waals surface area contributed by atoms with E-state index in [1.54, 1.807) is 6.20 Å². The first-order valence-electron chi connectivity index (χ1n) is 7.50. The summed E-state index contributed by atoms with van der Waals surface area (Å²) in [7, 11) is 0. The highest BCUT2D eigenvalue weighted by atomic mass is 35.5. The van der Waals surface area contributed by atoms with E-state index in [1.165, 1.54) is 0 Å². The number of carbonyl (C=O) groups excluding carboxylic acids is 1. The molecule has 4 N–H and O–H groups in total. The molecule has 1 aromatic heterocycles. The van der Waals surface area contributed by atoms with Gasteiger partial charge in [0.1, 0.15) is 5.82 Å². The van der Waals surface area contributed by atoms with Gasteiger partial charge in [0.25, 0.3) is 0 Å². The highest BCUT2D eigenvalue weighted by Crippen LogP contribution is 2.06. The molecule has 5 nitrogen and oxygen atoms in total. The quantitative estimate of drug-likeness (QED) is 0.492. The second-order valence-corrected chi connectivity index (χ2v) is 5.12. The van der Waals surface area contributed by atoms with E-state index in [2.05, 4.69) is 15.6 Å². The number of pyridine rings is 1. The van der Waals surface area contributed by atoms with Gasteiger partial charge in [-0.15, -0.1) is 24.8 Å². The zero-order valence-corrected chi connectivity index (χ0v) is 15.0. The van der Waals surface area contributed by atoms with Crippen LogP contribution in [0.15, 0.2) is 48.7 Å². The molecule has 2 aromatic rings. The Bertz CT molecular complexity index is 579. The SMILES string of the molecule is Cl.Cl.Nc1ccc(CC(=O)NCCCCNc2ccccn2)cc1. The van der Waals surface area contributed by atoms with Gasteiger partial charge in [-0.2, -0.15) is 0 Å². The Morgan fingerprint density at radius 1 is 1.00 bits per heavy atom. The van der Waals surface area contributed by atoms with Gasteiger partial charge < -0.3 is 16.4 Å². The normalized spacial score (nSPS) is 9.33. The topological polar surface area (TPSA) is 80.0 Å². The number of amides is 1. The van der Waals surface area contributed by atoms with Crippen molar-refractivity contribution in [2.45, 2.75) is 19.3 Å². The first kappa shape index (κ1) is 22.0. The molecule has 7 heteroatoms. The van der Waals surface area contributed by atoms with Gasteiger partial charge >= 0.3 is 0 Å². The third-order valence-corrected chi connectivity index (χ3v) is 3.24. The summed E-state index contributed by atoms with van der Waals surface area (Å²) in [5.41, 5.74) is 7.30. The molecule has 24 heavy (non-hydrogen) atoms. The van der Waals surface area contributed by atoms with Gasteiger partial charge in [0.2, 0.25) is 5.91 Å².